The van der Waals surface area contributed by atoms with Crippen LogP contribution in [0.5, 0.6) is 0 Å². The Balaban J connectivity index is 1.50. The van der Waals surface area contributed by atoms with Gasteiger partial charge in [-0.3, -0.25) is 0 Å². The van der Waals surface area contributed by atoms with E-state index in [1.54, 1.807) is 12.1 Å². The summed E-state index contributed by atoms with van der Waals surface area (Å²) in [4.78, 5) is 5.28. The van der Waals surface area contributed by atoms with Crippen molar-refractivity contribution in [2.45, 2.75) is 6.04 Å². The Labute approximate surface area is 194 Å². The number of fused-ring (bicyclic) bond motifs is 3. The molecule has 1 aliphatic rings. The van der Waals surface area contributed by atoms with Gasteiger partial charge in [0.25, 0.3) is 0 Å². The number of para-hydroxylation sites is 1. The molecule has 1 aliphatic heterocycles. The first kappa shape index (κ1) is 19.8. The molecule has 0 saturated heterocycles. The molecule has 0 spiro atoms. The van der Waals surface area contributed by atoms with Crippen LogP contribution in [0.25, 0.3) is 33.1 Å². The quantitative estimate of drug-likeness (QED) is 0.379. The molecule has 0 saturated carbocycles. The van der Waals surface area contributed by atoms with E-state index in [-0.39, 0.29) is 17.3 Å². The molecule has 34 heavy (non-hydrogen) atoms. The summed E-state index contributed by atoms with van der Waals surface area (Å²) in [5.74, 6) is -0.474. The van der Waals surface area contributed by atoms with Gasteiger partial charge in [-0.25, -0.2) is 4.39 Å². The third kappa shape index (κ3) is 3.21. The van der Waals surface area contributed by atoms with Crippen molar-refractivity contribution in [1.82, 2.24) is 20.4 Å². The SMILES string of the molecule is N#Cc1cc(-c2ccnnn2)c(F)c(N2C=CC=CC2c2ccc3[nH]c4ccccc4c3c2)c1. The van der Waals surface area contributed by atoms with E-state index < -0.39 is 5.82 Å². The van der Waals surface area contributed by atoms with Crippen LogP contribution in [0.4, 0.5) is 10.1 Å². The average Bonchev–Trinajstić information content (AvgIpc) is 3.27. The number of hydrogen-bond donors (Lipinski definition) is 1. The van der Waals surface area contributed by atoms with Gasteiger partial charge in [-0.15, -0.1) is 10.2 Å². The van der Waals surface area contributed by atoms with Crippen LogP contribution in [0, 0.1) is 17.1 Å². The summed E-state index contributed by atoms with van der Waals surface area (Å²) in [5.41, 5.74) is 4.27. The van der Waals surface area contributed by atoms with Gasteiger partial charge >= 0.3 is 0 Å². The number of aromatic amines is 1. The highest BCUT2D eigenvalue weighted by Crippen LogP contribution is 2.38. The summed E-state index contributed by atoms with van der Waals surface area (Å²) in [6.45, 7) is 0. The number of hydrogen-bond acceptors (Lipinski definition) is 5. The highest BCUT2D eigenvalue weighted by Gasteiger charge is 2.25. The Morgan fingerprint density at radius 2 is 1.85 bits per heavy atom. The normalized spacial score (nSPS) is 15.2. The van der Waals surface area contributed by atoms with Crippen LogP contribution < -0.4 is 4.90 Å². The fourth-order valence-electron chi connectivity index (χ4n) is 4.48. The molecule has 0 amide bonds. The van der Waals surface area contributed by atoms with E-state index in [0.717, 1.165) is 27.4 Å². The van der Waals surface area contributed by atoms with Crippen LogP contribution in [0.3, 0.4) is 0 Å². The molecule has 3 heterocycles. The molecule has 3 aromatic carbocycles. The minimum absolute atomic E-state index is 0.206. The number of nitriles is 1. The lowest BCUT2D eigenvalue weighted by molar-refractivity contribution is 0.622. The lowest BCUT2D eigenvalue weighted by Gasteiger charge is -2.31. The first-order valence-electron chi connectivity index (χ1n) is 10.7. The number of anilines is 1. The molecule has 0 fully saturated rings. The predicted octanol–water partition coefficient (Wildman–Crippen LogP) is 5.82. The number of aromatic nitrogens is 4. The smallest absolute Gasteiger partial charge is 0.156 e. The van der Waals surface area contributed by atoms with Crippen molar-refractivity contribution in [3.63, 3.8) is 0 Å². The van der Waals surface area contributed by atoms with Crippen LogP contribution in [0.15, 0.2) is 91.3 Å². The van der Waals surface area contributed by atoms with E-state index in [4.69, 9.17) is 0 Å². The van der Waals surface area contributed by atoms with Gasteiger partial charge in [-0.2, -0.15) is 5.26 Å². The zero-order valence-corrected chi connectivity index (χ0v) is 17.9. The molecule has 1 N–H and O–H groups in total. The van der Waals surface area contributed by atoms with Gasteiger partial charge in [-0.1, -0.05) is 36.4 Å². The summed E-state index contributed by atoms with van der Waals surface area (Å²) in [5, 5.41) is 23.1. The number of rotatable bonds is 3. The van der Waals surface area contributed by atoms with Gasteiger partial charge in [0.1, 0.15) is 0 Å². The lowest BCUT2D eigenvalue weighted by Crippen LogP contribution is -2.24. The molecule has 6 rings (SSSR count). The van der Waals surface area contributed by atoms with Crippen molar-refractivity contribution in [2.75, 3.05) is 4.90 Å². The number of H-pyrrole nitrogens is 1. The van der Waals surface area contributed by atoms with Gasteiger partial charge in [0.15, 0.2) is 5.82 Å². The van der Waals surface area contributed by atoms with E-state index in [1.165, 1.54) is 12.3 Å². The minimum atomic E-state index is -0.474. The van der Waals surface area contributed by atoms with Gasteiger partial charge in [-0.05, 0) is 53.3 Å². The Morgan fingerprint density at radius 1 is 0.971 bits per heavy atom. The zero-order chi connectivity index (χ0) is 23.1. The van der Waals surface area contributed by atoms with Crippen molar-refractivity contribution < 1.29 is 4.39 Å². The second kappa shape index (κ2) is 7.94. The molecule has 5 aromatic rings. The van der Waals surface area contributed by atoms with Crippen molar-refractivity contribution in [3.05, 3.63) is 108 Å². The van der Waals surface area contributed by atoms with E-state index >= 15 is 4.39 Å². The van der Waals surface area contributed by atoms with Crippen molar-refractivity contribution >= 4 is 27.5 Å². The maximum atomic E-state index is 15.9. The number of allylic oxidation sites excluding steroid dienone is 2. The van der Waals surface area contributed by atoms with Gasteiger partial charge in [0.05, 0.1) is 35.3 Å². The Hall–Kier alpha value is -4.83. The van der Waals surface area contributed by atoms with Gasteiger partial charge in [0, 0.05) is 33.6 Å². The maximum absolute atomic E-state index is 15.9. The first-order chi connectivity index (χ1) is 16.7. The number of benzene rings is 3. The Morgan fingerprint density at radius 3 is 2.71 bits per heavy atom. The highest BCUT2D eigenvalue weighted by atomic mass is 19.1. The van der Waals surface area contributed by atoms with E-state index in [1.807, 2.05) is 47.5 Å². The van der Waals surface area contributed by atoms with Crippen LogP contribution in [0.2, 0.25) is 0 Å². The summed E-state index contributed by atoms with van der Waals surface area (Å²) < 4.78 is 15.9. The molecule has 7 heteroatoms. The Kier molecular flexibility index (Phi) is 4.63. The molecule has 1 atom stereocenters. The maximum Gasteiger partial charge on any atom is 0.156 e. The largest absolute Gasteiger partial charge is 0.355 e. The summed E-state index contributed by atoms with van der Waals surface area (Å²) >= 11 is 0. The minimum Gasteiger partial charge on any atom is -0.355 e. The van der Waals surface area contributed by atoms with Crippen LogP contribution in [-0.4, -0.2) is 20.4 Å². The molecular formula is C27H17FN6. The zero-order valence-electron chi connectivity index (χ0n) is 17.9. The molecule has 162 valence electrons. The second-order valence-electron chi connectivity index (χ2n) is 8.03. The lowest BCUT2D eigenvalue weighted by atomic mass is 9.98. The molecule has 0 aliphatic carbocycles. The summed E-state index contributed by atoms with van der Waals surface area (Å²) in [6.07, 6.45) is 9.09. The van der Waals surface area contributed by atoms with Crippen molar-refractivity contribution in [3.8, 4) is 17.3 Å². The first-order valence-corrected chi connectivity index (χ1v) is 10.7. The molecule has 6 nitrogen and oxygen atoms in total. The molecule has 1 unspecified atom stereocenters. The van der Waals surface area contributed by atoms with E-state index in [9.17, 15) is 5.26 Å². The van der Waals surface area contributed by atoms with Crippen molar-refractivity contribution in [2.24, 2.45) is 0 Å². The summed E-state index contributed by atoms with van der Waals surface area (Å²) in [6, 6.07) is 20.9. The average molecular weight is 444 g/mol. The van der Waals surface area contributed by atoms with Crippen LogP contribution in [0.1, 0.15) is 17.2 Å². The highest BCUT2D eigenvalue weighted by molar-refractivity contribution is 6.07. The second-order valence-corrected chi connectivity index (χ2v) is 8.03. The topological polar surface area (TPSA) is 81.5 Å². The molecule has 0 radical (unpaired) electrons. The Bertz CT molecular complexity index is 1650. The van der Waals surface area contributed by atoms with Crippen molar-refractivity contribution in [1.29, 1.82) is 5.26 Å². The van der Waals surface area contributed by atoms with Crippen LogP contribution >= 0.6 is 0 Å². The van der Waals surface area contributed by atoms with E-state index in [2.05, 4.69) is 50.7 Å². The third-order valence-electron chi connectivity index (χ3n) is 6.06. The fraction of sp³-hybridized carbons (Fsp3) is 0.0370. The van der Waals surface area contributed by atoms with Gasteiger partial charge < -0.3 is 9.88 Å². The molecule has 2 aromatic heterocycles. The van der Waals surface area contributed by atoms with Gasteiger partial charge in [0.2, 0.25) is 0 Å². The predicted molar refractivity (Wildman–Crippen MR) is 129 cm³/mol. The number of halogens is 1. The molecule has 0 bridgehead atoms. The standard InChI is InChI=1S/C27H17FN6/c28-27-21(24-10-11-30-33-32-24)13-17(16-29)14-26(27)34-12-4-3-7-25(34)18-8-9-23-20(15-18)19-5-1-2-6-22(19)31-23/h1-15,25,31H. The summed E-state index contributed by atoms with van der Waals surface area (Å²) in [7, 11) is 0. The molecular weight excluding hydrogens is 427 g/mol. The fourth-order valence-corrected chi connectivity index (χ4v) is 4.48. The third-order valence-corrected chi connectivity index (χ3v) is 6.06. The number of nitrogens with one attached hydrogen (secondary N) is 1. The van der Waals surface area contributed by atoms with E-state index in [0.29, 0.717) is 11.3 Å². The van der Waals surface area contributed by atoms with Crippen LogP contribution in [-0.2, 0) is 0 Å². The monoisotopic (exact) mass is 444 g/mol. The number of nitrogens with zero attached hydrogens (tertiary/aromatic N) is 5.